The highest BCUT2D eigenvalue weighted by Gasteiger charge is 2.47. The topological polar surface area (TPSA) is 67.9 Å². The van der Waals surface area contributed by atoms with Crippen molar-refractivity contribution in [2.24, 2.45) is 12.5 Å². The highest BCUT2D eigenvalue weighted by molar-refractivity contribution is 5.84. The maximum atomic E-state index is 13.9. The van der Waals surface area contributed by atoms with E-state index >= 15 is 0 Å². The number of fused-ring (bicyclic) bond motifs is 2. The molecule has 1 saturated heterocycles. The number of ether oxygens (including phenoxy) is 1. The van der Waals surface area contributed by atoms with Gasteiger partial charge in [0.15, 0.2) is 5.58 Å². The summed E-state index contributed by atoms with van der Waals surface area (Å²) >= 11 is 0. The molecule has 0 saturated carbocycles. The van der Waals surface area contributed by atoms with Gasteiger partial charge in [0.05, 0.1) is 23.1 Å². The third-order valence-electron chi connectivity index (χ3n) is 7.56. The van der Waals surface area contributed by atoms with Crippen LogP contribution in [0, 0.1) is 5.41 Å². The number of likely N-dealkylation sites (tertiary alicyclic amines) is 1. The molecule has 3 heterocycles. The second kappa shape index (κ2) is 9.64. The van der Waals surface area contributed by atoms with Crippen LogP contribution < -0.4 is 5.76 Å². The van der Waals surface area contributed by atoms with E-state index in [-0.39, 0.29) is 19.1 Å². The molecule has 7 nitrogen and oxygen atoms in total. The largest absolute Gasteiger partial charge is 0.419 e. The maximum absolute atomic E-state index is 13.9. The lowest BCUT2D eigenvalue weighted by atomic mass is 9.85. The first-order valence-electron chi connectivity index (χ1n) is 12.5. The molecular weight excluding hydrogens is 487 g/mol. The molecule has 10 heteroatoms. The number of hydrogen-bond donors (Lipinski definition) is 0. The van der Waals surface area contributed by atoms with Gasteiger partial charge in [0.2, 0.25) is 5.91 Å². The number of aryl methyl sites for hydroxylation is 1. The molecule has 0 bridgehead atoms. The van der Waals surface area contributed by atoms with Crippen LogP contribution in [0.1, 0.15) is 35.6 Å². The van der Waals surface area contributed by atoms with Crippen LogP contribution in [0.2, 0.25) is 0 Å². The van der Waals surface area contributed by atoms with Crippen molar-refractivity contribution >= 4 is 17.0 Å². The van der Waals surface area contributed by atoms with Gasteiger partial charge in [-0.2, -0.15) is 13.2 Å². The van der Waals surface area contributed by atoms with Gasteiger partial charge in [0.1, 0.15) is 0 Å². The molecule has 37 heavy (non-hydrogen) atoms. The van der Waals surface area contributed by atoms with Crippen LogP contribution in [0.3, 0.4) is 0 Å². The first-order valence-corrected chi connectivity index (χ1v) is 12.5. The summed E-state index contributed by atoms with van der Waals surface area (Å²) in [7, 11) is 1.66. The van der Waals surface area contributed by atoms with Crippen molar-refractivity contribution in [3.8, 4) is 0 Å². The van der Waals surface area contributed by atoms with Crippen LogP contribution in [0.4, 0.5) is 13.2 Å². The van der Waals surface area contributed by atoms with E-state index in [0.717, 1.165) is 17.2 Å². The predicted molar refractivity (Wildman–Crippen MR) is 131 cm³/mol. The minimum Gasteiger partial charge on any atom is -0.408 e. The van der Waals surface area contributed by atoms with Crippen LogP contribution in [0.5, 0.6) is 0 Å². The van der Waals surface area contributed by atoms with Crippen molar-refractivity contribution < 1.29 is 27.1 Å². The van der Waals surface area contributed by atoms with E-state index in [2.05, 4.69) is 4.90 Å². The molecular formula is C27H30F3N3O4. The van der Waals surface area contributed by atoms with E-state index in [1.165, 1.54) is 16.7 Å². The molecule has 0 aliphatic carbocycles. The van der Waals surface area contributed by atoms with Gasteiger partial charge >= 0.3 is 11.9 Å². The Balaban J connectivity index is 1.34. The van der Waals surface area contributed by atoms with Crippen molar-refractivity contribution in [2.45, 2.75) is 39.0 Å². The second-order valence-electron chi connectivity index (χ2n) is 10.1. The van der Waals surface area contributed by atoms with Gasteiger partial charge in [-0.15, -0.1) is 0 Å². The molecule has 2 aliphatic rings. The van der Waals surface area contributed by atoms with E-state index in [0.29, 0.717) is 62.3 Å². The van der Waals surface area contributed by atoms with Gasteiger partial charge in [-0.3, -0.25) is 14.3 Å². The number of amides is 1. The minimum absolute atomic E-state index is 0.0702. The fraction of sp³-hybridized carbons (Fsp3) is 0.481. The molecule has 1 atom stereocenters. The quantitative estimate of drug-likeness (QED) is 0.495. The normalized spacial score (nSPS) is 20.5. The number of alkyl halides is 3. The van der Waals surface area contributed by atoms with Crippen LogP contribution in [-0.4, -0.2) is 53.1 Å². The van der Waals surface area contributed by atoms with Gasteiger partial charge in [0.25, 0.3) is 0 Å². The Morgan fingerprint density at radius 3 is 2.70 bits per heavy atom. The van der Waals surface area contributed by atoms with Crippen LogP contribution in [-0.2, 0) is 42.3 Å². The van der Waals surface area contributed by atoms with Crippen molar-refractivity contribution in [1.82, 2.24) is 14.4 Å². The summed E-state index contributed by atoms with van der Waals surface area (Å²) in [5.41, 5.74) is 2.18. The molecule has 1 fully saturated rings. The Morgan fingerprint density at radius 1 is 1.14 bits per heavy atom. The van der Waals surface area contributed by atoms with E-state index in [4.69, 9.17) is 9.15 Å². The molecule has 2 aliphatic heterocycles. The predicted octanol–water partition coefficient (Wildman–Crippen LogP) is 3.96. The molecule has 0 radical (unpaired) electrons. The molecule has 1 unspecified atom stereocenters. The lowest BCUT2D eigenvalue weighted by molar-refractivity contribution is -0.146. The molecule has 3 aromatic rings. The van der Waals surface area contributed by atoms with Crippen molar-refractivity contribution in [1.29, 1.82) is 0 Å². The van der Waals surface area contributed by atoms with E-state index in [1.807, 2.05) is 19.1 Å². The third-order valence-corrected chi connectivity index (χ3v) is 7.56. The van der Waals surface area contributed by atoms with Gasteiger partial charge in [-0.25, -0.2) is 4.79 Å². The van der Waals surface area contributed by atoms with Gasteiger partial charge in [0, 0.05) is 39.8 Å². The van der Waals surface area contributed by atoms with Crippen molar-refractivity contribution in [3.63, 3.8) is 0 Å². The monoisotopic (exact) mass is 517 g/mol. The van der Waals surface area contributed by atoms with Gasteiger partial charge in [-0.1, -0.05) is 12.1 Å². The number of carbonyl (C=O) groups is 1. The molecule has 5 rings (SSSR count). The number of rotatable bonds is 6. The number of halogens is 3. The summed E-state index contributed by atoms with van der Waals surface area (Å²) < 4.78 is 52.2. The molecule has 198 valence electrons. The summed E-state index contributed by atoms with van der Waals surface area (Å²) in [5, 5.41) is 0. The summed E-state index contributed by atoms with van der Waals surface area (Å²) in [5.74, 6) is -0.487. The summed E-state index contributed by atoms with van der Waals surface area (Å²) in [6.45, 7) is 5.01. The Morgan fingerprint density at radius 2 is 1.95 bits per heavy atom. The summed E-state index contributed by atoms with van der Waals surface area (Å²) in [6.07, 6.45) is -3.30. The lowest BCUT2D eigenvalue weighted by Gasteiger charge is -2.37. The molecule has 2 aromatic carbocycles. The molecule has 0 N–H and O–H groups in total. The number of aromatic nitrogens is 1. The zero-order valence-corrected chi connectivity index (χ0v) is 20.9. The van der Waals surface area contributed by atoms with Crippen LogP contribution in [0.15, 0.2) is 45.6 Å². The van der Waals surface area contributed by atoms with E-state index in [9.17, 15) is 22.8 Å². The SMILES string of the molecule is CCOCC1(C(=O)N2CCc3ccc(C(F)(F)F)cc3C2)CCN(Cc2ccc3oc(=O)n(C)c3c2)C1. The van der Waals surface area contributed by atoms with Crippen LogP contribution >= 0.6 is 0 Å². The van der Waals surface area contributed by atoms with Crippen molar-refractivity contribution in [2.75, 3.05) is 32.8 Å². The first kappa shape index (κ1) is 25.5. The van der Waals surface area contributed by atoms with E-state index < -0.39 is 22.9 Å². The minimum atomic E-state index is -4.42. The second-order valence-corrected chi connectivity index (χ2v) is 10.1. The average Bonchev–Trinajstić information content (AvgIpc) is 3.42. The highest BCUT2D eigenvalue weighted by Crippen LogP contribution is 2.37. The molecule has 1 aromatic heterocycles. The number of nitrogens with zero attached hydrogens (tertiary/aromatic N) is 3. The summed E-state index contributed by atoms with van der Waals surface area (Å²) in [6, 6.07) is 9.42. The number of carbonyl (C=O) groups excluding carboxylic acids is 1. The number of oxazole rings is 1. The Kier molecular flexibility index (Phi) is 6.66. The number of hydrogen-bond acceptors (Lipinski definition) is 5. The van der Waals surface area contributed by atoms with Crippen LogP contribution in [0.25, 0.3) is 11.1 Å². The first-order chi connectivity index (χ1) is 17.6. The van der Waals surface area contributed by atoms with Crippen molar-refractivity contribution in [3.05, 3.63) is 69.2 Å². The highest BCUT2D eigenvalue weighted by atomic mass is 19.4. The zero-order chi connectivity index (χ0) is 26.4. The Bertz CT molecular complexity index is 1380. The zero-order valence-electron chi connectivity index (χ0n) is 20.9. The smallest absolute Gasteiger partial charge is 0.408 e. The Labute approximate surface area is 212 Å². The standard InChI is InChI=1S/C27H30F3N3O4/c1-3-36-17-26(24(34)33-10-8-19-5-6-21(27(28,29)30)13-20(19)15-33)9-11-32(16-26)14-18-4-7-23-22(12-18)31(2)25(35)37-23/h4-7,12-13H,3,8-11,14-17H2,1-2H3. The molecule has 1 amide bonds. The fourth-order valence-electron chi connectivity index (χ4n) is 5.52. The fourth-order valence-corrected chi connectivity index (χ4v) is 5.52. The summed E-state index contributed by atoms with van der Waals surface area (Å²) in [4.78, 5) is 29.6. The third kappa shape index (κ3) is 4.92. The van der Waals surface area contributed by atoms with Gasteiger partial charge < -0.3 is 14.1 Å². The number of benzene rings is 2. The Hall–Kier alpha value is -3.11. The molecule has 0 spiro atoms. The van der Waals surface area contributed by atoms with Gasteiger partial charge in [-0.05, 0) is 67.3 Å². The average molecular weight is 518 g/mol. The maximum Gasteiger partial charge on any atom is 0.419 e. The lowest BCUT2D eigenvalue weighted by Crippen LogP contribution is -2.49. The van der Waals surface area contributed by atoms with E-state index in [1.54, 1.807) is 18.0 Å².